The zero-order chi connectivity index (χ0) is 25.4. The van der Waals surface area contributed by atoms with E-state index in [9.17, 15) is 9.59 Å². The third-order valence-electron chi connectivity index (χ3n) is 8.13. The second-order valence-electron chi connectivity index (χ2n) is 9.94. The van der Waals surface area contributed by atoms with Crippen molar-refractivity contribution in [1.29, 1.82) is 0 Å². The molecule has 0 saturated carbocycles. The summed E-state index contributed by atoms with van der Waals surface area (Å²) in [5.41, 5.74) is 2.83. The van der Waals surface area contributed by atoms with Crippen LogP contribution in [0.5, 0.6) is 5.75 Å². The van der Waals surface area contributed by atoms with Crippen LogP contribution in [0.2, 0.25) is 0 Å². The van der Waals surface area contributed by atoms with Crippen LogP contribution in [0.25, 0.3) is 10.9 Å². The Hall–Kier alpha value is -3.32. The molecular weight excluding hydrogens is 452 g/mol. The number of nitrogens with one attached hydrogen (secondary N) is 1. The van der Waals surface area contributed by atoms with Crippen LogP contribution in [0.3, 0.4) is 0 Å². The van der Waals surface area contributed by atoms with E-state index in [2.05, 4.69) is 35.9 Å². The van der Waals surface area contributed by atoms with Gasteiger partial charge in [0.15, 0.2) is 5.54 Å². The third-order valence-corrected chi connectivity index (χ3v) is 8.13. The summed E-state index contributed by atoms with van der Waals surface area (Å²) >= 11 is 0. The Morgan fingerprint density at radius 1 is 1.08 bits per heavy atom. The van der Waals surface area contributed by atoms with E-state index in [1.54, 1.807) is 16.9 Å². The molecule has 5 rings (SSSR count). The third kappa shape index (κ3) is 3.77. The molecule has 2 amide bonds. The van der Waals surface area contributed by atoms with Crippen molar-refractivity contribution in [2.24, 2.45) is 0 Å². The maximum atomic E-state index is 14.1. The molecule has 0 aliphatic carbocycles. The van der Waals surface area contributed by atoms with Gasteiger partial charge in [0.25, 0.3) is 5.91 Å². The molecule has 2 aromatic carbocycles. The lowest BCUT2D eigenvalue weighted by Crippen LogP contribution is -2.67. The van der Waals surface area contributed by atoms with Crippen molar-refractivity contribution >= 4 is 22.7 Å². The Morgan fingerprint density at radius 2 is 1.81 bits per heavy atom. The van der Waals surface area contributed by atoms with E-state index in [-0.39, 0.29) is 24.3 Å². The molecule has 1 saturated heterocycles. The molecule has 36 heavy (non-hydrogen) atoms. The lowest BCUT2D eigenvalue weighted by molar-refractivity contribution is -0.166. The number of benzene rings is 2. The number of nitrogens with zero attached hydrogens (tertiary/aromatic N) is 3. The van der Waals surface area contributed by atoms with Gasteiger partial charge in [0.2, 0.25) is 5.91 Å². The first kappa shape index (κ1) is 24.4. The van der Waals surface area contributed by atoms with Crippen LogP contribution in [0, 0.1) is 0 Å². The Balaban J connectivity index is 1.59. The highest BCUT2D eigenvalue weighted by molar-refractivity contribution is 6.01. The molecule has 1 fully saturated rings. The van der Waals surface area contributed by atoms with Crippen molar-refractivity contribution in [2.75, 3.05) is 46.4 Å². The van der Waals surface area contributed by atoms with Crippen LogP contribution >= 0.6 is 0 Å². The number of aromatic amines is 1. The van der Waals surface area contributed by atoms with Crippen molar-refractivity contribution in [3.05, 3.63) is 65.4 Å². The summed E-state index contributed by atoms with van der Waals surface area (Å²) in [6.45, 7) is 10.2. The zero-order valence-electron chi connectivity index (χ0n) is 21.7. The van der Waals surface area contributed by atoms with E-state index in [1.165, 1.54) is 0 Å². The van der Waals surface area contributed by atoms with Crippen LogP contribution < -0.4 is 4.74 Å². The summed E-state index contributed by atoms with van der Waals surface area (Å²) in [6, 6.07) is 16.1. The zero-order valence-corrected chi connectivity index (χ0v) is 21.7. The molecule has 2 aliphatic rings. The molecule has 0 radical (unpaired) electrons. The van der Waals surface area contributed by atoms with Gasteiger partial charge in [0, 0.05) is 35.5 Å². The smallest absolute Gasteiger partial charge is 0.254 e. The lowest BCUT2D eigenvalue weighted by Gasteiger charge is -2.51. The van der Waals surface area contributed by atoms with Crippen molar-refractivity contribution in [1.82, 2.24) is 19.7 Å². The fourth-order valence-corrected chi connectivity index (χ4v) is 6.12. The first-order valence-corrected chi connectivity index (χ1v) is 13.0. The number of rotatable bonds is 8. The number of carbonyl (C=O) groups excluding carboxylic acids is 2. The summed E-state index contributed by atoms with van der Waals surface area (Å²) in [6.07, 6.45) is 0.847. The summed E-state index contributed by atoms with van der Waals surface area (Å²) in [4.78, 5) is 37.2. The number of amides is 2. The maximum Gasteiger partial charge on any atom is 0.254 e. The van der Waals surface area contributed by atoms with Gasteiger partial charge in [0.05, 0.1) is 19.3 Å². The normalized spacial score (nSPS) is 21.8. The first-order valence-electron chi connectivity index (χ1n) is 13.0. The molecule has 7 heteroatoms. The van der Waals surface area contributed by atoms with Crippen LogP contribution in [0.1, 0.15) is 49.9 Å². The summed E-state index contributed by atoms with van der Waals surface area (Å²) in [5.74, 6) is 0.666. The average Bonchev–Trinajstić information content (AvgIpc) is 3.30. The van der Waals surface area contributed by atoms with Gasteiger partial charge in [-0.25, -0.2) is 0 Å². The van der Waals surface area contributed by atoms with E-state index < -0.39 is 5.54 Å². The monoisotopic (exact) mass is 488 g/mol. The standard InChI is InChI=1S/C29H36N4O3/c1-5-31(6-2)16-11-17-32-19-25(34)33-18-22(20-12-8-10-15-24(20)36-4)26-21-13-7-9-14-23(21)30-27(26)29(33,3)28(32)35/h7-10,12-15,22,30H,5-6,11,16-19H2,1-4H3/t22-,29+/m1/s1. The minimum absolute atomic E-state index is 0.00655. The van der Waals surface area contributed by atoms with E-state index >= 15 is 0 Å². The van der Waals surface area contributed by atoms with Crippen molar-refractivity contribution in [2.45, 2.75) is 38.6 Å². The van der Waals surface area contributed by atoms with Crippen LogP contribution in [0.4, 0.5) is 0 Å². The number of methoxy groups -OCH3 is 1. The second-order valence-corrected chi connectivity index (χ2v) is 9.94. The number of carbonyl (C=O) groups is 2. The van der Waals surface area contributed by atoms with Crippen LogP contribution in [-0.2, 0) is 15.1 Å². The minimum atomic E-state index is -1.07. The van der Waals surface area contributed by atoms with Gasteiger partial charge in [-0.05, 0) is 50.7 Å². The molecule has 2 atom stereocenters. The van der Waals surface area contributed by atoms with Gasteiger partial charge in [-0.15, -0.1) is 0 Å². The van der Waals surface area contributed by atoms with Gasteiger partial charge in [-0.3, -0.25) is 9.59 Å². The molecule has 0 spiro atoms. The quantitative estimate of drug-likeness (QED) is 0.522. The highest BCUT2D eigenvalue weighted by Crippen LogP contribution is 2.49. The maximum absolute atomic E-state index is 14.1. The molecule has 3 heterocycles. The SMILES string of the molecule is CCN(CC)CCCN1CC(=O)N2C[C@H](c3ccccc3OC)c3c([nH]c4ccccc34)[C@@]2(C)C1=O. The topological polar surface area (TPSA) is 68.9 Å². The molecule has 190 valence electrons. The number of fused-ring (bicyclic) bond motifs is 5. The number of aromatic nitrogens is 1. The molecule has 3 aromatic rings. The van der Waals surface area contributed by atoms with Gasteiger partial charge < -0.3 is 24.4 Å². The molecule has 1 N–H and O–H groups in total. The van der Waals surface area contributed by atoms with Gasteiger partial charge >= 0.3 is 0 Å². The molecular formula is C29H36N4O3. The molecule has 1 aromatic heterocycles. The number of para-hydroxylation sites is 2. The Morgan fingerprint density at radius 3 is 2.56 bits per heavy atom. The summed E-state index contributed by atoms with van der Waals surface area (Å²) in [7, 11) is 1.67. The number of H-pyrrole nitrogens is 1. The van der Waals surface area contributed by atoms with Gasteiger partial charge in [0.1, 0.15) is 5.75 Å². The second kappa shape index (κ2) is 9.62. The van der Waals surface area contributed by atoms with E-state index in [4.69, 9.17) is 4.74 Å². The van der Waals surface area contributed by atoms with Crippen LogP contribution in [-0.4, -0.2) is 77.9 Å². The van der Waals surface area contributed by atoms with E-state index in [0.29, 0.717) is 13.1 Å². The molecule has 7 nitrogen and oxygen atoms in total. The van der Waals surface area contributed by atoms with Crippen molar-refractivity contribution < 1.29 is 14.3 Å². The fraction of sp³-hybridized carbons (Fsp3) is 0.448. The summed E-state index contributed by atoms with van der Waals surface area (Å²) < 4.78 is 5.72. The van der Waals surface area contributed by atoms with Crippen molar-refractivity contribution in [3.8, 4) is 5.75 Å². The number of hydrogen-bond donors (Lipinski definition) is 1. The highest BCUT2D eigenvalue weighted by atomic mass is 16.5. The van der Waals surface area contributed by atoms with Gasteiger partial charge in [-0.1, -0.05) is 50.2 Å². The van der Waals surface area contributed by atoms with Crippen LogP contribution in [0.15, 0.2) is 48.5 Å². The molecule has 0 bridgehead atoms. The Bertz CT molecular complexity index is 1280. The first-order chi connectivity index (χ1) is 17.4. The number of hydrogen-bond acceptors (Lipinski definition) is 4. The largest absolute Gasteiger partial charge is 0.496 e. The fourth-order valence-electron chi connectivity index (χ4n) is 6.12. The van der Waals surface area contributed by atoms with E-state index in [1.807, 2.05) is 43.3 Å². The summed E-state index contributed by atoms with van der Waals surface area (Å²) in [5, 5.41) is 1.09. The number of ether oxygens (including phenoxy) is 1. The molecule has 2 aliphatic heterocycles. The Labute approximate surface area is 213 Å². The predicted molar refractivity (Wildman–Crippen MR) is 141 cm³/mol. The predicted octanol–water partition coefficient (Wildman–Crippen LogP) is 3.94. The van der Waals surface area contributed by atoms with Crippen molar-refractivity contribution in [3.63, 3.8) is 0 Å². The lowest BCUT2D eigenvalue weighted by atomic mass is 9.76. The van der Waals surface area contributed by atoms with Gasteiger partial charge in [-0.2, -0.15) is 0 Å². The highest BCUT2D eigenvalue weighted by Gasteiger charge is 2.56. The minimum Gasteiger partial charge on any atom is -0.496 e. The number of piperazine rings is 1. The molecule has 0 unspecified atom stereocenters. The Kier molecular flexibility index (Phi) is 6.51. The average molecular weight is 489 g/mol. The van der Waals surface area contributed by atoms with E-state index in [0.717, 1.165) is 59.5 Å².